The number of hydrogen-bond donors (Lipinski definition) is 2. The molecular weight excluding hydrogens is 670 g/mol. The summed E-state index contributed by atoms with van der Waals surface area (Å²) in [7, 11) is -3.00. The first-order chi connectivity index (χ1) is 24.0. The maximum atomic E-state index is 13.9. The van der Waals surface area contributed by atoms with E-state index in [0.717, 1.165) is 55.9 Å². The minimum absolute atomic E-state index is 0.0624. The highest BCUT2D eigenvalue weighted by atomic mass is 35.5. The van der Waals surface area contributed by atoms with Gasteiger partial charge in [-0.15, -0.1) is 0 Å². The lowest BCUT2D eigenvalue weighted by Gasteiger charge is -2.47. The molecule has 1 unspecified atom stereocenters. The molecule has 2 aliphatic carbocycles. The van der Waals surface area contributed by atoms with Crippen molar-refractivity contribution in [2.45, 2.75) is 68.6 Å². The van der Waals surface area contributed by atoms with E-state index < -0.39 is 26.5 Å². The van der Waals surface area contributed by atoms with Crippen LogP contribution in [0.5, 0.6) is 5.75 Å². The number of rotatable bonds is 1. The lowest BCUT2D eigenvalue weighted by Crippen LogP contribution is -2.52. The second kappa shape index (κ2) is 14.2. The molecule has 1 saturated carbocycles. The Labute approximate surface area is 302 Å². The molecule has 7 atom stereocenters. The summed E-state index contributed by atoms with van der Waals surface area (Å²) in [6.07, 6.45) is 9.24. The SMILES string of the molecule is C=S1(=O)NC(=O)c2ccc3c(c2)N(C[C@@H]2CC[C@H]2[C@](O)(C#CCN2CCOCC2)/C=C/C[C@H](C)[C@H]1C)C[C@@]1(CCCc2cc(Cl)ccc21)CO3. The zero-order valence-corrected chi connectivity index (χ0v) is 30.9. The predicted octanol–water partition coefficient (Wildman–Crippen LogP) is 5.25. The van der Waals surface area contributed by atoms with Crippen LogP contribution < -0.4 is 14.4 Å². The van der Waals surface area contributed by atoms with Crippen LogP contribution in [0, 0.1) is 29.6 Å². The minimum Gasteiger partial charge on any atom is -0.490 e. The van der Waals surface area contributed by atoms with Crippen LogP contribution in [0.2, 0.25) is 5.02 Å². The topological polar surface area (TPSA) is 91.3 Å². The van der Waals surface area contributed by atoms with Crippen molar-refractivity contribution in [2.24, 2.45) is 17.8 Å². The first-order valence-electron chi connectivity index (χ1n) is 18.2. The van der Waals surface area contributed by atoms with Crippen LogP contribution >= 0.6 is 11.6 Å². The summed E-state index contributed by atoms with van der Waals surface area (Å²) in [5.74, 6) is 11.0. The number of amides is 1. The number of nitrogens with zero attached hydrogens (tertiary/aromatic N) is 2. The van der Waals surface area contributed by atoms with Crippen molar-refractivity contribution < 1.29 is 23.6 Å². The molecule has 7 rings (SSSR count). The lowest BCUT2D eigenvalue weighted by atomic mass is 9.64. The summed E-state index contributed by atoms with van der Waals surface area (Å²) >= 11 is 6.47. The highest BCUT2D eigenvalue weighted by Gasteiger charge is 2.47. The first-order valence-corrected chi connectivity index (χ1v) is 20.3. The minimum atomic E-state index is -3.00. The number of carbonyl (C=O) groups excluding carboxylic acids is 1. The lowest BCUT2D eigenvalue weighted by molar-refractivity contribution is -0.00339. The van der Waals surface area contributed by atoms with Gasteiger partial charge in [-0.1, -0.05) is 42.5 Å². The van der Waals surface area contributed by atoms with E-state index >= 15 is 0 Å². The standard InChI is InChI=1S/C40H50ClN3O5S/c1-28-7-4-16-40(46,17-6-18-43-19-21-48-22-20-43)35-12-9-32(35)25-44-26-39(15-5-8-30-23-33(41)11-13-34(30)39)27-49-37-14-10-31(24-36(37)44)38(45)42-50(3,47)29(28)2/h4,10-11,13-14,16,23-24,28-29,32,35,46H,3,5,7-9,12,15,18-22,25-27H2,1-2H3,(H,42,45,47)/b16-4+/t28-,29+,32-,35+,39-,40+,50?/m0/s1. The van der Waals surface area contributed by atoms with Crippen molar-refractivity contribution in [3.63, 3.8) is 0 Å². The van der Waals surface area contributed by atoms with Gasteiger partial charge in [0, 0.05) is 53.3 Å². The number of aryl methyl sites for hydroxylation is 1. The maximum absolute atomic E-state index is 13.9. The van der Waals surface area contributed by atoms with Gasteiger partial charge < -0.3 is 19.5 Å². The Morgan fingerprint density at radius 2 is 1.98 bits per heavy atom. The molecule has 1 amide bonds. The van der Waals surface area contributed by atoms with Crippen LogP contribution in [-0.2, 0) is 26.3 Å². The first kappa shape index (κ1) is 35.4. The van der Waals surface area contributed by atoms with Crippen LogP contribution in [0.1, 0.15) is 67.4 Å². The zero-order valence-electron chi connectivity index (χ0n) is 29.3. The summed E-state index contributed by atoms with van der Waals surface area (Å²) in [6.45, 7) is 9.41. The van der Waals surface area contributed by atoms with E-state index in [1.54, 1.807) is 6.07 Å². The Hall–Kier alpha value is -3.00. The molecular formula is C40H50ClN3O5S. The number of morpholine rings is 1. The normalized spacial score (nSPS) is 35.2. The summed E-state index contributed by atoms with van der Waals surface area (Å²) in [4.78, 5) is 18.3. The highest BCUT2D eigenvalue weighted by molar-refractivity contribution is 7.99. The number of benzene rings is 2. The van der Waals surface area contributed by atoms with Crippen molar-refractivity contribution in [2.75, 3.05) is 57.4 Å². The van der Waals surface area contributed by atoms with Gasteiger partial charge in [0.25, 0.3) is 5.91 Å². The van der Waals surface area contributed by atoms with Crippen molar-refractivity contribution in [3.05, 3.63) is 70.3 Å². The Balaban J connectivity index is 1.29. The Morgan fingerprint density at radius 1 is 1.16 bits per heavy atom. The van der Waals surface area contributed by atoms with Crippen molar-refractivity contribution in [1.29, 1.82) is 0 Å². The van der Waals surface area contributed by atoms with Crippen LogP contribution in [-0.4, -0.2) is 89.4 Å². The molecule has 8 nitrogen and oxygen atoms in total. The van der Waals surface area contributed by atoms with E-state index in [1.165, 1.54) is 11.1 Å². The monoisotopic (exact) mass is 719 g/mol. The van der Waals surface area contributed by atoms with Gasteiger partial charge in [-0.05, 0) is 111 Å². The highest BCUT2D eigenvalue weighted by Crippen LogP contribution is 2.48. The van der Waals surface area contributed by atoms with Crippen molar-refractivity contribution >= 4 is 38.8 Å². The molecule has 0 radical (unpaired) electrons. The summed E-state index contributed by atoms with van der Waals surface area (Å²) in [5, 5.41) is 12.8. The summed E-state index contributed by atoms with van der Waals surface area (Å²) < 4.78 is 28.9. The largest absolute Gasteiger partial charge is 0.490 e. The van der Waals surface area contributed by atoms with E-state index in [-0.39, 0.29) is 23.2 Å². The third kappa shape index (κ3) is 7.07. The van der Waals surface area contributed by atoms with Gasteiger partial charge in [0.15, 0.2) is 0 Å². The molecule has 2 fully saturated rings. The van der Waals surface area contributed by atoms with Crippen molar-refractivity contribution in [3.8, 4) is 17.6 Å². The van der Waals surface area contributed by atoms with E-state index in [2.05, 4.69) is 44.4 Å². The van der Waals surface area contributed by atoms with E-state index in [4.69, 9.17) is 21.1 Å². The van der Waals surface area contributed by atoms with Crippen LogP contribution in [0.4, 0.5) is 5.69 Å². The summed E-state index contributed by atoms with van der Waals surface area (Å²) in [6, 6.07) is 11.7. The van der Waals surface area contributed by atoms with Gasteiger partial charge in [-0.3, -0.25) is 14.4 Å². The quantitative estimate of drug-likeness (QED) is 0.237. The molecule has 50 heavy (non-hydrogen) atoms. The number of carbonyl (C=O) groups is 1. The van der Waals surface area contributed by atoms with Gasteiger partial charge in [0.2, 0.25) is 0 Å². The molecule has 0 aromatic heterocycles. The number of aliphatic hydroxyl groups is 1. The molecule has 5 aliphatic rings. The number of halogens is 1. The second-order valence-corrected chi connectivity index (χ2v) is 18.1. The fourth-order valence-corrected chi connectivity index (χ4v) is 10.2. The van der Waals surface area contributed by atoms with Crippen molar-refractivity contribution in [1.82, 2.24) is 9.62 Å². The molecule has 2 N–H and O–H groups in total. The van der Waals surface area contributed by atoms with Gasteiger partial charge in [0.1, 0.15) is 11.4 Å². The van der Waals surface area contributed by atoms with Gasteiger partial charge in [-0.2, -0.15) is 0 Å². The maximum Gasteiger partial charge on any atom is 0.262 e. The Kier molecular flexibility index (Phi) is 10.1. The zero-order chi connectivity index (χ0) is 35.1. The third-order valence-corrected chi connectivity index (χ3v) is 14.4. The molecule has 2 aromatic rings. The predicted molar refractivity (Wildman–Crippen MR) is 202 cm³/mol. The number of allylic oxidation sites excluding steroid dienone is 1. The van der Waals surface area contributed by atoms with Crippen LogP contribution in [0.3, 0.4) is 0 Å². The number of hydrogen-bond acceptors (Lipinski definition) is 7. The number of ether oxygens (including phenoxy) is 2. The number of nitrogens with one attached hydrogen (secondary N) is 1. The summed E-state index contributed by atoms with van der Waals surface area (Å²) in [5.41, 5.74) is 2.20. The smallest absolute Gasteiger partial charge is 0.262 e. The molecule has 3 heterocycles. The van der Waals surface area contributed by atoms with E-state index in [0.29, 0.717) is 57.2 Å². The molecule has 1 saturated heterocycles. The second-order valence-electron chi connectivity index (χ2n) is 15.2. The van der Waals surface area contributed by atoms with Gasteiger partial charge in [0.05, 0.1) is 41.8 Å². The Bertz CT molecular complexity index is 1810. The van der Waals surface area contributed by atoms with Gasteiger partial charge in [-0.25, -0.2) is 4.21 Å². The molecule has 1 spiro atoms. The van der Waals surface area contributed by atoms with Crippen LogP contribution in [0.25, 0.3) is 0 Å². The fraction of sp³-hybridized carbons (Fsp3) is 0.550. The average molecular weight is 720 g/mol. The fourth-order valence-electron chi connectivity index (χ4n) is 8.55. The molecule has 2 bridgehead atoms. The number of fused-ring (bicyclic) bond motifs is 4. The third-order valence-electron chi connectivity index (χ3n) is 12.0. The Morgan fingerprint density at radius 3 is 2.76 bits per heavy atom. The average Bonchev–Trinajstić information content (AvgIpc) is 3.22. The molecule has 268 valence electrons. The number of anilines is 1. The molecule has 3 aliphatic heterocycles. The van der Waals surface area contributed by atoms with Crippen LogP contribution in [0.15, 0.2) is 48.6 Å². The molecule has 10 heteroatoms. The molecule has 2 aromatic carbocycles. The van der Waals surface area contributed by atoms with E-state index in [9.17, 15) is 14.1 Å². The van der Waals surface area contributed by atoms with Gasteiger partial charge >= 0.3 is 0 Å². The van der Waals surface area contributed by atoms with E-state index in [1.807, 2.05) is 44.2 Å².